The van der Waals surface area contributed by atoms with Gasteiger partial charge < -0.3 is 4.74 Å². The summed E-state index contributed by atoms with van der Waals surface area (Å²) in [4.78, 5) is 10.2. The highest BCUT2D eigenvalue weighted by atomic mass is 35.5. The third-order valence-electron chi connectivity index (χ3n) is 2.61. The fourth-order valence-electron chi connectivity index (χ4n) is 1.59. The monoisotopic (exact) mass is 288 g/mol. The zero-order valence-electron chi connectivity index (χ0n) is 10.2. The van der Waals surface area contributed by atoms with Gasteiger partial charge in [-0.2, -0.15) is 5.26 Å². The molecule has 2 aromatic carbocycles. The second-order valence-corrected chi connectivity index (χ2v) is 4.40. The molecule has 0 fully saturated rings. The molecule has 100 valence electrons. The molecule has 0 saturated heterocycles. The lowest BCUT2D eigenvalue weighted by Crippen LogP contribution is -1.97. The molecule has 0 aliphatic carbocycles. The molecular weight excluding hydrogens is 280 g/mol. The van der Waals surface area contributed by atoms with E-state index in [2.05, 4.69) is 0 Å². The second-order valence-electron chi connectivity index (χ2n) is 3.96. The number of nitro benzene ring substituents is 1. The molecule has 0 amide bonds. The van der Waals surface area contributed by atoms with Crippen molar-refractivity contribution >= 4 is 17.3 Å². The van der Waals surface area contributed by atoms with E-state index < -0.39 is 4.92 Å². The largest absolute Gasteiger partial charge is 0.489 e. The van der Waals surface area contributed by atoms with Gasteiger partial charge in [0, 0.05) is 5.02 Å². The van der Waals surface area contributed by atoms with Gasteiger partial charge in [0.2, 0.25) is 0 Å². The maximum absolute atomic E-state index is 10.8. The van der Waals surface area contributed by atoms with Crippen LogP contribution in [0, 0.1) is 21.4 Å². The zero-order valence-corrected chi connectivity index (χ0v) is 11.0. The van der Waals surface area contributed by atoms with Gasteiger partial charge in [-0.05, 0) is 29.8 Å². The van der Waals surface area contributed by atoms with E-state index in [1.54, 1.807) is 30.3 Å². The number of nitriles is 1. The molecule has 0 spiro atoms. The summed E-state index contributed by atoms with van der Waals surface area (Å²) in [7, 11) is 0. The first kappa shape index (κ1) is 13.8. The first-order chi connectivity index (χ1) is 9.60. The summed E-state index contributed by atoms with van der Waals surface area (Å²) < 4.78 is 5.47. The lowest BCUT2D eigenvalue weighted by Gasteiger charge is -2.06. The van der Waals surface area contributed by atoms with Gasteiger partial charge >= 0.3 is 0 Å². The highest BCUT2D eigenvalue weighted by Crippen LogP contribution is 2.24. The predicted octanol–water partition coefficient (Wildman–Crippen LogP) is 3.70. The lowest BCUT2D eigenvalue weighted by molar-refractivity contribution is -0.385. The highest BCUT2D eigenvalue weighted by Gasteiger charge is 2.14. The molecule has 0 N–H and O–H groups in total. The summed E-state index contributed by atoms with van der Waals surface area (Å²) in [5, 5.41) is 20.2. The molecule has 0 aliphatic rings. The SMILES string of the molecule is N#Cc1ccc(OCc2ccc(Cl)cc2)cc1[N+](=O)[O-]. The van der Waals surface area contributed by atoms with Gasteiger partial charge in [0.25, 0.3) is 5.69 Å². The molecule has 0 aliphatic heterocycles. The van der Waals surface area contributed by atoms with E-state index in [4.69, 9.17) is 21.6 Å². The summed E-state index contributed by atoms with van der Waals surface area (Å²) in [6, 6.07) is 13.0. The van der Waals surface area contributed by atoms with Gasteiger partial charge in [0.1, 0.15) is 24.0 Å². The zero-order chi connectivity index (χ0) is 14.5. The van der Waals surface area contributed by atoms with Crippen molar-refractivity contribution in [2.24, 2.45) is 0 Å². The number of halogens is 1. The van der Waals surface area contributed by atoms with E-state index in [0.29, 0.717) is 10.8 Å². The molecule has 0 radical (unpaired) electrons. The predicted molar refractivity (Wildman–Crippen MR) is 73.6 cm³/mol. The van der Waals surface area contributed by atoms with Crippen LogP contribution >= 0.6 is 11.6 Å². The van der Waals surface area contributed by atoms with E-state index in [1.165, 1.54) is 18.2 Å². The van der Waals surface area contributed by atoms with Crippen LogP contribution in [0.4, 0.5) is 5.69 Å². The lowest BCUT2D eigenvalue weighted by atomic mass is 10.2. The summed E-state index contributed by atoms with van der Waals surface area (Å²) in [5.41, 5.74) is 0.636. The molecule has 5 nitrogen and oxygen atoms in total. The number of ether oxygens (including phenoxy) is 1. The van der Waals surface area contributed by atoms with Crippen molar-refractivity contribution in [3.63, 3.8) is 0 Å². The molecule has 6 heteroatoms. The van der Waals surface area contributed by atoms with E-state index in [0.717, 1.165) is 5.56 Å². The molecule has 0 atom stereocenters. The highest BCUT2D eigenvalue weighted by molar-refractivity contribution is 6.30. The van der Waals surface area contributed by atoms with Crippen LogP contribution in [0.2, 0.25) is 5.02 Å². The summed E-state index contributed by atoms with van der Waals surface area (Å²) in [6.45, 7) is 0.264. The Hall–Kier alpha value is -2.58. The van der Waals surface area contributed by atoms with Crippen LogP contribution in [-0.2, 0) is 6.61 Å². The van der Waals surface area contributed by atoms with Crippen molar-refractivity contribution in [3.05, 3.63) is 68.7 Å². The molecule has 0 heterocycles. The van der Waals surface area contributed by atoms with E-state index in [1.807, 2.05) is 0 Å². The Morgan fingerprint density at radius 2 is 1.95 bits per heavy atom. The molecule has 20 heavy (non-hydrogen) atoms. The van der Waals surface area contributed by atoms with Gasteiger partial charge in [-0.15, -0.1) is 0 Å². The Kier molecular flexibility index (Phi) is 4.18. The Balaban J connectivity index is 2.14. The minimum atomic E-state index is -0.603. The van der Waals surface area contributed by atoms with Gasteiger partial charge in [0.05, 0.1) is 11.0 Å². The molecule has 0 unspecified atom stereocenters. The smallest absolute Gasteiger partial charge is 0.290 e. The standard InChI is InChI=1S/C14H9ClN2O3/c15-12-4-1-10(2-5-12)9-20-13-6-3-11(8-16)14(7-13)17(18)19/h1-7H,9H2. The van der Waals surface area contributed by atoms with E-state index >= 15 is 0 Å². The fraction of sp³-hybridized carbons (Fsp3) is 0.0714. The van der Waals surface area contributed by atoms with Crippen LogP contribution in [-0.4, -0.2) is 4.92 Å². The normalized spacial score (nSPS) is 9.80. The van der Waals surface area contributed by atoms with Crippen molar-refractivity contribution < 1.29 is 9.66 Å². The van der Waals surface area contributed by atoms with Crippen LogP contribution in [0.1, 0.15) is 11.1 Å². The van der Waals surface area contributed by atoms with Crippen LogP contribution in [0.5, 0.6) is 5.75 Å². The number of hydrogen-bond donors (Lipinski definition) is 0. The maximum Gasteiger partial charge on any atom is 0.290 e. The Bertz CT molecular complexity index is 678. The summed E-state index contributed by atoms with van der Waals surface area (Å²) in [6.07, 6.45) is 0. The summed E-state index contributed by atoms with van der Waals surface area (Å²) in [5.74, 6) is 0.339. The van der Waals surface area contributed by atoms with Gasteiger partial charge in [-0.3, -0.25) is 10.1 Å². The second kappa shape index (κ2) is 6.04. The van der Waals surface area contributed by atoms with Crippen LogP contribution in [0.3, 0.4) is 0 Å². The van der Waals surface area contributed by atoms with Crippen LogP contribution < -0.4 is 4.74 Å². The Labute approximate surface area is 120 Å². The molecule has 0 saturated carbocycles. The van der Waals surface area contributed by atoms with Crippen molar-refractivity contribution in [2.75, 3.05) is 0 Å². The maximum atomic E-state index is 10.8. The van der Waals surface area contributed by atoms with Crippen LogP contribution in [0.15, 0.2) is 42.5 Å². The number of benzene rings is 2. The van der Waals surface area contributed by atoms with Crippen molar-refractivity contribution in [2.45, 2.75) is 6.61 Å². The number of rotatable bonds is 4. The van der Waals surface area contributed by atoms with Crippen molar-refractivity contribution in [3.8, 4) is 11.8 Å². The Morgan fingerprint density at radius 3 is 2.55 bits per heavy atom. The van der Waals surface area contributed by atoms with E-state index in [-0.39, 0.29) is 17.9 Å². The molecule has 2 rings (SSSR count). The number of nitrogens with zero attached hydrogens (tertiary/aromatic N) is 2. The van der Waals surface area contributed by atoms with E-state index in [9.17, 15) is 10.1 Å². The van der Waals surface area contributed by atoms with Crippen molar-refractivity contribution in [1.82, 2.24) is 0 Å². The Morgan fingerprint density at radius 1 is 1.25 bits per heavy atom. The minimum absolute atomic E-state index is 0.00819. The summed E-state index contributed by atoms with van der Waals surface area (Å²) >= 11 is 5.77. The number of nitro groups is 1. The molecule has 2 aromatic rings. The molecule has 0 aromatic heterocycles. The average Bonchev–Trinajstić information content (AvgIpc) is 2.46. The quantitative estimate of drug-likeness (QED) is 0.635. The van der Waals surface area contributed by atoms with Gasteiger partial charge in [-0.25, -0.2) is 0 Å². The average molecular weight is 289 g/mol. The molecular formula is C14H9ClN2O3. The first-order valence-electron chi connectivity index (χ1n) is 5.66. The molecule has 0 bridgehead atoms. The van der Waals surface area contributed by atoms with Crippen molar-refractivity contribution in [1.29, 1.82) is 5.26 Å². The third-order valence-corrected chi connectivity index (χ3v) is 2.86. The number of hydrogen-bond acceptors (Lipinski definition) is 4. The fourth-order valence-corrected chi connectivity index (χ4v) is 1.72. The minimum Gasteiger partial charge on any atom is -0.489 e. The van der Waals surface area contributed by atoms with Crippen LogP contribution in [0.25, 0.3) is 0 Å². The van der Waals surface area contributed by atoms with Gasteiger partial charge in [-0.1, -0.05) is 23.7 Å². The van der Waals surface area contributed by atoms with Gasteiger partial charge in [0.15, 0.2) is 0 Å². The first-order valence-corrected chi connectivity index (χ1v) is 6.04. The topological polar surface area (TPSA) is 76.2 Å². The third kappa shape index (κ3) is 3.25.